The van der Waals surface area contributed by atoms with Crippen LogP contribution in [0, 0.1) is 0 Å². The summed E-state index contributed by atoms with van der Waals surface area (Å²) >= 11 is 9.27. The zero-order chi connectivity index (χ0) is 14.1. The van der Waals surface area contributed by atoms with E-state index in [1.165, 1.54) is 0 Å². The molecular weight excluding hydrogens is 334 g/mol. The van der Waals surface area contributed by atoms with Gasteiger partial charge in [-0.3, -0.25) is 4.79 Å². The predicted octanol–water partition coefficient (Wildman–Crippen LogP) is 3.02. The van der Waals surface area contributed by atoms with Crippen molar-refractivity contribution in [1.82, 2.24) is 5.32 Å². The van der Waals surface area contributed by atoms with Crippen molar-refractivity contribution in [3.63, 3.8) is 0 Å². The molecule has 0 fully saturated rings. The Morgan fingerprint density at radius 3 is 2.95 bits per heavy atom. The molecule has 19 heavy (non-hydrogen) atoms. The fourth-order valence-electron chi connectivity index (χ4n) is 1.33. The fourth-order valence-corrected chi connectivity index (χ4v) is 2.06. The van der Waals surface area contributed by atoms with Crippen LogP contribution in [0.3, 0.4) is 0 Å². The fraction of sp³-hybridized carbons (Fsp3) is 0.462. The topological polar surface area (TPSA) is 47.6 Å². The average molecular weight is 351 g/mol. The Bertz CT molecular complexity index is 415. The minimum Gasteiger partial charge on any atom is -0.482 e. The first-order valence-electron chi connectivity index (χ1n) is 6.05. The zero-order valence-corrected chi connectivity index (χ0v) is 13.1. The van der Waals surface area contributed by atoms with Gasteiger partial charge < -0.3 is 14.8 Å². The third-order valence-corrected chi connectivity index (χ3v) is 3.03. The smallest absolute Gasteiger partial charge is 0.257 e. The maximum absolute atomic E-state index is 11.5. The largest absolute Gasteiger partial charge is 0.482 e. The minimum atomic E-state index is -0.171. The Kier molecular flexibility index (Phi) is 7.86. The summed E-state index contributed by atoms with van der Waals surface area (Å²) in [5.74, 6) is 0.324. The second-order valence-corrected chi connectivity index (χ2v) is 5.09. The van der Waals surface area contributed by atoms with Gasteiger partial charge in [0, 0.05) is 24.2 Å². The standard InChI is InChI=1S/C13H17BrClNO3/c1-2-18-7-3-6-16-13(17)9-19-12-5-4-10(14)8-11(12)15/h4-5,8H,2-3,6-7,9H2,1H3,(H,16,17). The van der Waals surface area contributed by atoms with E-state index in [1.807, 2.05) is 6.92 Å². The van der Waals surface area contributed by atoms with Gasteiger partial charge >= 0.3 is 0 Å². The number of amides is 1. The highest BCUT2D eigenvalue weighted by Gasteiger charge is 2.05. The summed E-state index contributed by atoms with van der Waals surface area (Å²) in [6.45, 7) is 3.82. The van der Waals surface area contributed by atoms with Gasteiger partial charge in [-0.05, 0) is 31.5 Å². The molecule has 106 valence electrons. The van der Waals surface area contributed by atoms with Gasteiger partial charge in [0.25, 0.3) is 5.91 Å². The van der Waals surface area contributed by atoms with Crippen molar-refractivity contribution in [3.8, 4) is 5.75 Å². The SMILES string of the molecule is CCOCCCNC(=O)COc1ccc(Br)cc1Cl. The highest BCUT2D eigenvalue weighted by molar-refractivity contribution is 9.10. The summed E-state index contributed by atoms with van der Waals surface area (Å²) in [5.41, 5.74) is 0. The van der Waals surface area contributed by atoms with Crippen LogP contribution in [0.1, 0.15) is 13.3 Å². The molecule has 0 saturated heterocycles. The van der Waals surface area contributed by atoms with E-state index in [1.54, 1.807) is 18.2 Å². The Labute approximate surface area is 126 Å². The molecule has 1 amide bonds. The Hall–Kier alpha value is -0.780. The predicted molar refractivity (Wildman–Crippen MR) is 78.8 cm³/mol. The molecule has 1 N–H and O–H groups in total. The van der Waals surface area contributed by atoms with Gasteiger partial charge in [-0.15, -0.1) is 0 Å². The number of benzene rings is 1. The van der Waals surface area contributed by atoms with Gasteiger partial charge in [0.15, 0.2) is 6.61 Å². The van der Waals surface area contributed by atoms with E-state index in [-0.39, 0.29) is 12.5 Å². The molecule has 0 saturated carbocycles. The normalized spacial score (nSPS) is 10.3. The third-order valence-electron chi connectivity index (χ3n) is 2.24. The quantitative estimate of drug-likeness (QED) is 0.733. The molecule has 0 atom stereocenters. The van der Waals surface area contributed by atoms with Crippen molar-refractivity contribution < 1.29 is 14.3 Å². The van der Waals surface area contributed by atoms with Gasteiger partial charge in [0.05, 0.1) is 5.02 Å². The Morgan fingerprint density at radius 1 is 1.47 bits per heavy atom. The molecule has 1 rings (SSSR count). The first kappa shape index (κ1) is 16.3. The second kappa shape index (κ2) is 9.18. The molecule has 0 aliphatic carbocycles. The van der Waals surface area contributed by atoms with Crippen molar-refractivity contribution in [3.05, 3.63) is 27.7 Å². The molecule has 0 aliphatic heterocycles. The van der Waals surface area contributed by atoms with Crippen LogP contribution in [-0.2, 0) is 9.53 Å². The van der Waals surface area contributed by atoms with E-state index < -0.39 is 0 Å². The van der Waals surface area contributed by atoms with Crippen LogP contribution >= 0.6 is 27.5 Å². The molecule has 1 aromatic carbocycles. The molecule has 0 aliphatic rings. The molecule has 0 bridgehead atoms. The number of hydrogen-bond acceptors (Lipinski definition) is 3. The molecule has 0 aromatic heterocycles. The second-order valence-electron chi connectivity index (χ2n) is 3.76. The monoisotopic (exact) mass is 349 g/mol. The van der Waals surface area contributed by atoms with E-state index in [2.05, 4.69) is 21.2 Å². The van der Waals surface area contributed by atoms with Crippen LogP contribution < -0.4 is 10.1 Å². The summed E-state index contributed by atoms with van der Waals surface area (Å²) in [6.07, 6.45) is 0.790. The molecule has 0 heterocycles. The lowest BCUT2D eigenvalue weighted by atomic mass is 10.3. The maximum Gasteiger partial charge on any atom is 0.257 e. The van der Waals surface area contributed by atoms with Crippen molar-refractivity contribution in [1.29, 1.82) is 0 Å². The number of hydrogen-bond donors (Lipinski definition) is 1. The number of halogens is 2. The third kappa shape index (κ3) is 6.80. The lowest BCUT2D eigenvalue weighted by molar-refractivity contribution is -0.123. The zero-order valence-electron chi connectivity index (χ0n) is 10.7. The van der Waals surface area contributed by atoms with Crippen LogP contribution in [0.5, 0.6) is 5.75 Å². The van der Waals surface area contributed by atoms with Gasteiger partial charge in [0.1, 0.15) is 5.75 Å². The van der Waals surface area contributed by atoms with E-state index in [9.17, 15) is 4.79 Å². The van der Waals surface area contributed by atoms with Gasteiger partial charge in [-0.1, -0.05) is 27.5 Å². The van der Waals surface area contributed by atoms with Crippen molar-refractivity contribution in [2.45, 2.75) is 13.3 Å². The summed E-state index contributed by atoms with van der Waals surface area (Å²) in [5, 5.41) is 3.22. The number of ether oxygens (including phenoxy) is 2. The molecule has 6 heteroatoms. The summed E-state index contributed by atoms with van der Waals surface area (Å²) in [4.78, 5) is 11.5. The van der Waals surface area contributed by atoms with Crippen LogP contribution in [-0.4, -0.2) is 32.3 Å². The van der Waals surface area contributed by atoms with E-state index in [4.69, 9.17) is 21.1 Å². The van der Waals surface area contributed by atoms with Crippen LogP contribution in [0.2, 0.25) is 5.02 Å². The molecule has 0 radical (unpaired) electrons. The number of carbonyl (C=O) groups excluding carboxylic acids is 1. The van der Waals surface area contributed by atoms with Crippen molar-refractivity contribution in [2.24, 2.45) is 0 Å². The van der Waals surface area contributed by atoms with Crippen LogP contribution in [0.15, 0.2) is 22.7 Å². The highest BCUT2D eigenvalue weighted by atomic mass is 79.9. The molecule has 4 nitrogen and oxygen atoms in total. The number of carbonyl (C=O) groups is 1. The van der Waals surface area contributed by atoms with E-state index in [0.717, 1.165) is 10.9 Å². The highest BCUT2D eigenvalue weighted by Crippen LogP contribution is 2.27. The summed E-state index contributed by atoms with van der Waals surface area (Å²) in [6, 6.07) is 5.24. The first-order valence-corrected chi connectivity index (χ1v) is 7.23. The van der Waals surface area contributed by atoms with Gasteiger partial charge in [0.2, 0.25) is 0 Å². The number of rotatable bonds is 8. The molecule has 0 unspecified atom stereocenters. The maximum atomic E-state index is 11.5. The van der Waals surface area contributed by atoms with Gasteiger partial charge in [-0.25, -0.2) is 0 Å². The van der Waals surface area contributed by atoms with Gasteiger partial charge in [-0.2, -0.15) is 0 Å². The molecular formula is C13H17BrClNO3. The number of nitrogens with one attached hydrogen (secondary N) is 1. The Morgan fingerprint density at radius 2 is 2.26 bits per heavy atom. The lowest BCUT2D eigenvalue weighted by Crippen LogP contribution is -2.30. The molecule has 1 aromatic rings. The minimum absolute atomic E-state index is 0.0456. The average Bonchev–Trinajstić information content (AvgIpc) is 2.37. The lowest BCUT2D eigenvalue weighted by Gasteiger charge is -2.09. The van der Waals surface area contributed by atoms with Crippen LogP contribution in [0.25, 0.3) is 0 Å². The van der Waals surface area contributed by atoms with Crippen molar-refractivity contribution in [2.75, 3.05) is 26.4 Å². The molecule has 0 spiro atoms. The summed E-state index contributed by atoms with van der Waals surface area (Å²) in [7, 11) is 0. The Balaban J connectivity index is 2.22. The summed E-state index contributed by atoms with van der Waals surface area (Å²) < 4.78 is 11.4. The first-order chi connectivity index (χ1) is 9.13. The van der Waals surface area contributed by atoms with Crippen molar-refractivity contribution >= 4 is 33.4 Å². The van der Waals surface area contributed by atoms with E-state index >= 15 is 0 Å². The van der Waals surface area contributed by atoms with E-state index in [0.29, 0.717) is 30.5 Å². The van der Waals surface area contributed by atoms with Crippen LogP contribution in [0.4, 0.5) is 0 Å².